The van der Waals surface area contributed by atoms with E-state index in [0.29, 0.717) is 5.06 Å². The van der Waals surface area contributed by atoms with E-state index in [1.54, 1.807) is 6.07 Å². The SMILES string of the molecule is O=C1CN(O)C(c2ccccc2F)=c2cc([N+](=O)[O-])ccc2=N1. The molecule has 1 N–H and O–H groups in total. The van der Waals surface area contributed by atoms with Gasteiger partial charge in [-0.2, -0.15) is 0 Å². The Bertz CT molecular complexity index is 942. The molecule has 116 valence electrons. The highest BCUT2D eigenvalue weighted by Crippen LogP contribution is 2.19. The molecule has 0 saturated heterocycles. The van der Waals surface area contributed by atoms with Gasteiger partial charge in [0.2, 0.25) is 0 Å². The van der Waals surface area contributed by atoms with Crippen LogP contribution < -0.4 is 10.6 Å². The Morgan fingerprint density at radius 3 is 2.70 bits per heavy atom. The summed E-state index contributed by atoms with van der Waals surface area (Å²) in [4.78, 5) is 25.9. The number of hydrogen-bond acceptors (Lipinski definition) is 5. The summed E-state index contributed by atoms with van der Waals surface area (Å²) in [5.74, 6) is -1.28. The van der Waals surface area contributed by atoms with Gasteiger partial charge < -0.3 is 0 Å². The molecule has 0 bridgehead atoms. The second-order valence-electron chi connectivity index (χ2n) is 4.85. The van der Waals surface area contributed by atoms with Gasteiger partial charge in [-0.25, -0.2) is 14.4 Å². The van der Waals surface area contributed by atoms with Crippen LogP contribution in [-0.4, -0.2) is 27.6 Å². The minimum absolute atomic E-state index is 0.0154. The molecule has 1 heterocycles. The molecule has 0 radical (unpaired) electrons. The van der Waals surface area contributed by atoms with Gasteiger partial charge in [-0.15, -0.1) is 0 Å². The lowest BCUT2D eigenvalue weighted by Gasteiger charge is -2.18. The average Bonchev–Trinajstić information content (AvgIpc) is 2.62. The number of rotatable bonds is 2. The lowest BCUT2D eigenvalue weighted by Crippen LogP contribution is -2.32. The number of nitro benzene ring substituents is 1. The summed E-state index contributed by atoms with van der Waals surface area (Å²) in [6.45, 7) is -0.480. The van der Waals surface area contributed by atoms with E-state index in [1.807, 2.05) is 0 Å². The first-order valence-corrected chi connectivity index (χ1v) is 6.59. The van der Waals surface area contributed by atoms with Gasteiger partial charge in [0.25, 0.3) is 11.6 Å². The number of nitro groups is 1. The fourth-order valence-electron chi connectivity index (χ4n) is 2.38. The van der Waals surface area contributed by atoms with Crippen LogP contribution in [0.25, 0.3) is 5.70 Å². The number of halogens is 1. The number of hydrogen-bond donors (Lipinski definition) is 1. The molecule has 7 nitrogen and oxygen atoms in total. The summed E-state index contributed by atoms with van der Waals surface area (Å²) in [5, 5.41) is 21.9. The molecular weight excluding hydrogens is 305 g/mol. The highest BCUT2D eigenvalue weighted by Gasteiger charge is 2.21. The molecule has 0 unspecified atom stereocenters. The minimum atomic E-state index is -0.644. The quantitative estimate of drug-likeness (QED) is 0.651. The molecule has 23 heavy (non-hydrogen) atoms. The average molecular weight is 315 g/mol. The molecule has 1 amide bonds. The molecule has 0 aromatic heterocycles. The first-order valence-electron chi connectivity index (χ1n) is 6.59. The third-order valence-electron chi connectivity index (χ3n) is 3.36. The van der Waals surface area contributed by atoms with Crippen molar-refractivity contribution in [1.82, 2.24) is 5.06 Å². The van der Waals surface area contributed by atoms with E-state index in [9.17, 15) is 24.5 Å². The largest absolute Gasteiger partial charge is 0.288 e. The molecule has 2 aromatic carbocycles. The van der Waals surface area contributed by atoms with Gasteiger partial charge in [0, 0.05) is 22.9 Å². The summed E-state index contributed by atoms with van der Waals surface area (Å²) in [7, 11) is 0. The maximum atomic E-state index is 14.1. The van der Waals surface area contributed by atoms with Crippen molar-refractivity contribution in [2.75, 3.05) is 6.54 Å². The van der Waals surface area contributed by atoms with Gasteiger partial charge in [0.05, 0.1) is 16.0 Å². The van der Waals surface area contributed by atoms with E-state index in [2.05, 4.69) is 4.99 Å². The highest BCUT2D eigenvalue weighted by atomic mass is 19.1. The Morgan fingerprint density at radius 2 is 2.00 bits per heavy atom. The maximum Gasteiger partial charge on any atom is 0.270 e. The smallest absolute Gasteiger partial charge is 0.270 e. The van der Waals surface area contributed by atoms with Crippen molar-refractivity contribution in [2.45, 2.75) is 0 Å². The number of non-ortho nitro benzene ring substituents is 1. The van der Waals surface area contributed by atoms with Crippen LogP contribution in [0.2, 0.25) is 0 Å². The van der Waals surface area contributed by atoms with E-state index >= 15 is 0 Å². The fraction of sp³-hybridized carbons (Fsp3) is 0.0667. The second kappa shape index (κ2) is 5.58. The Hall–Kier alpha value is -3.13. The van der Waals surface area contributed by atoms with E-state index < -0.39 is 23.2 Å². The number of carbonyl (C=O) groups is 1. The van der Waals surface area contributed by atoms with E-state index in [1.165, 1.54) is 30.3 Å². The summed E-state index contributed by atoms with van der Waals surface area (Å²) in [6, 6.07) is 9.28. The maximum absolute atomic E-state index is 14.1. The lowest BCUT2D eigenvalue weighted by atomic mass is 10.1. The van der Waals surface area contributed by atoms with Crippen LogP contribution in [0.4, 0.5) is 10.1 Å². The van der Waals surface area contributed by atoms with E-state index in [-0.39, 0.29) is 27.5 Å². The molecule has 1 aliphatic rings. The minimum Gasteiger partial charge on any atom is -0.288 e. The summed E-state index contributed by atoms with van der Waals surface area (Å²) in [6.07, 6.45) is 0. The molecule has 0 fully saturated rings. The number of amides is 1. The highest BCUT2D eigenvalue weighted by molar-refractivity contribution is 5.82. The van der Waals surface area contributed by atoms with Crippen molar-refractivity contribution in [2.24, 2.45) is 4.99 Å². The monoisotopic (exact) mass is 315 g/mol. The molecule has 2 aromatic rings. The van der Waals surface area contributed by atoms with Crippen molar-refractivity contribution in [3.63, 3.8) is 0 Å². The van der Waals surface area contributed by atoms with Gasteiger partial charge in [-0.3, -0.25) is 20.1 Å². The summed E-state index contributed by atoms with van der Waals surface area (Å²) < 4.78 is 14.1. The number of fused-ring (bicyclic) bond motifs is 1. The Labute approximate surface area is 128 Å². The molecule has 0 saturated carbocycles. The molecule has 0 spiro atoms. The van der Waals surface area contributed by atoms with Crippen LogP contribution in [-0.2, 0) is 4.79 Å². The van der Waals surface area contributed by atoms with Crippen molar-refractivity contribution >= 4 is 17.3 Å². The summed E-state index contributed by atoms with van der Waals surface area (Å²) >= 11 is 0. The third-order valence-corrected chi connectivity index (χ3v) is 3.36. The zero-order valence-electron chi connectivity index (χ0n) is 11.6. The lowest BCUT2D eigenvalue weighted by molar-refractivity contribution is -0.385. The van der Waals surface area contributed by atoms with E-state index in [0.717, 1.165) is 6.07 Å². The summed E-state index contributed by atoms with van der Waals surface area (Å²) in [5.41, 5.74) is -0.284. The van der Waals surface area contributed by atoms with Gasteiger partial charge >= 0.3 is 0 Å². The topological polar surface area (TPSA) is 96.0 Å². The molecule has 3 rings (SSSR count). The van der Waals surface area contributed by atoms with Crippen molar-refractivity contribution < 1.29 is 19.3 Å². The normalized spacial score (nSPS) is 14.1. The third kappa shape index (κ3) is 2.67. The van der Waals surface area contributed by atoms with Crippen LogP contribution in [0.3, 0.4) is 0 Å². The van der Waals surface area contributed by atoms with Crippen LogP contribution in [0.5, 0.6) is 0 Å². The van der Waals surface area contributed by atoms with Gasteiger partial charge in [-0.1, -0.05) is 12.1 Å². The second-order valence-corrected chi connectivity index (χ2v) is 4.85. The predicted octanol–water partition coefficient (Wildman–Crippen LogP) is 0.741. The Kier molecular flexibility index (Phi) is 3.59. The van der Waals surface area contributed by atoms with Crippen LogP contribution in [0.1, 0.15) is 5.56 Å². The number of nitrogens with zero attached hydrogens (tertiary/aromatic N) is 3. The zero-order valence-corrected chi connectivity index (χ0v) is 11.6. The zero-order chi connectivity index (χ0) is 16.6. The van der Waals surface area contributed by atoms with Gasteiger partial charge in [-0.05, 0) is 18.2 Å². The Balaban J connectivity index is 2.47. The van der Waals surface area contributed by atoms with Crippen molar-refractivity contribution in [3.05, 3.63) is 74.5 Å². The molecular formula is C15H10FN3O4. The standard InChI is InChI=1S/C15H10FN3O4/c16-12-4-2-1-3-10(12)15-11-7-9(19(22)23)5-6-13(11)17-14(20)8-18(15)21/h1-7,21H,8H2. The first-order chi connectivity index (χ1) is 11.0. The van der Waals surface area contributed by atoms with E-state index in [4.69, 9.17) is 0 Å². The molecule has 0 atom stereocenters. The van der Waals surface area contributed by atoms with Crippen molar-refractivity contribution in [3.8, 4) is 0 Å². The molecule has 8 heteroatoms. The molecule has 1 aliphatic heterocycles. The van der Waals surface area contributed by atoms with Gasteiger partial charge in [0.15, 0.2) is 0 Å². The predicted molar refractivity (Wildman–Crippen MR) is 76.3 cm³/mol. The number of hydroxylamine groups is 2. The first kappa shape index (κ1) is 14.8. The Morgan fingerprint density at radius 1 is 1.26 bits per heavy atom. The van der Waals surface area contributed by atoms with Crippen molar-refractivity contribution in [1.29, 1.82) is 0 Å². The van der Waals surface area contributed by atoms with Gasteiger partial charge in [0.1, 0.15) is 12.4 Å². The number of carbonyl (C=O) groups excluding carboxylic acids is 1. The fourth-order valence-corrected chi connectivity index (χ4v) is 2.38. The van der Waals surface area contributed by atoms with Crippen LogP contribution in [0.15, 0.2) is 47.5 Å². The van der Waals surface area contributed by atoms with Crippen LogP contribution >= 0.6 is 0 Å². The number of benzene rings is 2. The molecule has 0 aliphatic carbocycles. The van der Waals surface area contributed by atoms with Crippen LogP contribution in [0, 0.1) is 15.9 Å².